The summed E-state index contributed by atoms with van der Waals surface area (Å²) in [4.78, 5) is 0. The average Bonchev–Trinajstić information content (AvgIpc) is 3.08. The van der Waals surface area contributed by atoms with E-state index in [9.17, 15) is 0 Å². The summed E-state index contributed by atoms with van der Waals surface area (Å²) in [6.45, 7) is 5.49. The quantitative estimate of drug-likeness (QED) is 0.640. The Morgan fingerprint density at radius 3 is 2.57 bits per heavy atom. The van der Waals surface area contributed by atoms with E-state index in [2.05, 4.69) is 34.1 Å². The first-order chi connectivity index (χ1) is 11.2. The van der Waals surface area contributed by atoms with Gasteiger partial charge >= 0.3 is 0 Å². The van der Waals surface area contributed by atoms with Gasteiger partial charge in [0.2, 0.25) is 0 Å². The summed E-state index contributed by atoms with van der Waals surface area (Å²) in [5.74, 6) is 0.898. The molecule has 0 spiro atoms. The second kappa shape index (κ2) is 9.31. The molecule has 0 bridgehead atoms. The van der Waals surface area contributed by atoms with Gasteiger partial charge in [0.15, 0.2) is 0 Å². The molecular formula is C19H22BrClO2. The van der Waals surface area contributed by atoms with Crippen molar-refractivity contribution in [3.05, 3.63) is 63.1 Å². The van der Waals surface area contributed by atoms with E-state index >= 15 is 0 Å². The van der Waals surface area contributed by atoms with Gasteiger partial charge in [-0.2, -0.15) is 0 Å². The van der Waals surface area contributed by atoms with Gasteiger partial charge in [0.05, 0.1) is 13.2 Å². The molecule has 0 aliphatic carbocycles. The van der Waals surface area contributed by atoms with Crippen LogP contribution in [0, 0.1) is 0 Å². The fourth-order valence-corrected chi connectivity index (χ4v) is 2.98. The molecule has 4 heteroatoms. The summed E-state index contributed by atoms with van der Waals surface area (Å²) in [6, 6.07) is 14.1. The largest absolute Gasteiger partial charge is 0.488 e. The van der Waals surface area contributed by atoms with E-state index in [4.69, 9.17) is 21.1 Å². The van der Waals surface area contributed by atoms with E-state index in [1.807, 2.05) is 38.1 Å². The Kier molecular flexibility index (Phi) is 7.41. The molecule has 1 aliphatic rings. The van der Waals surface area contributed by atoms with Crippen LogP contribution in [0.25, 0.3) is 0 Å². The third-order valence-electron chi connectivity index (χ3n) is 3.52. The Hall–Kier alpha value is -1.03. The highest BCUT2D eigenvalue weighted by molar-refractivity contribution is 9.10. The fourth-order valence-electron chi connectivity index (χ4n) is 2.38. The summed E-state index contributed by atoms with van der Waals surface area (Å²) in [5, 5.41) is 0.793. The van der Waals surface area contributed by atoms with E-state index in [0.717, 1.165) is 40.3 Å². The highest BCUT2D eigenvalue weighted by atomic mass is 79.9. The minimum atomic E-state index is 0.190. The van der Waals surface area contributed by atoms with E-state index < -0.39 is 0 Å². The van der Waals surface area contributed by atoms with Crippen LogP contribution in [-0.4, -0.2) is 19.3 Å². The van der Waals surface area contributed by atoms with Crippen molar-refractivity contribution < 1.29 is 9.47 Å². The molecule has 0 saturated carbocycles. The second-order valence-electron chi connectivity index (χ2n) is 5.16. The summed E-state index contributed by atoms with van der Waals surface area (Å²) in [7, 11) is 0. The van der Waals surface area contributed by atoms with Crippen molar-refractivity contribution in [2.24, 2.45) is 0 Å². The standard InChI is InChI=1S/C17H16BrClO2.C2H6/c18-14-3-6-17(19)13(10-14)9-12-1-4-15(5-2-12)21-16-7-8-20-11-16;1-2/h1-6,10,16H,7-9,11H2;1-2H3. The van der Waals surface area contributed by atoms with Crippen LogP contribution in [-0.2, 0) is 11.2 Å². The zero-order valence-corrected chi connectivity index (χ0v) is 15.9. The minimum Gasteiger partial charge on any atom is -0.488 e. The predicted molar refractivity (Wildman–Crippen MR) is 99.6 cm³/mol. The molecular weight excluding hydrogens is 376 g/mol. The maximum absolute atomic E-state index is 6.23. The summed E-state index contributed by atoms with van der Waals surface area (Å²) >= 11 is 9.71. The van der Waals surface area contributed by atoms with Gasteiger partial charge in [0.25, 0.3) is 0 Å². The Morgan fingerprint density at radius 2 is 1.91 bits per heavy atom. The van der Waals surface area contributed by atoms with Crippen molar-refractivity contribution in [1.29, 1.82) is 0 Å². The third-order valence-corrected chi connectivity index (χ3v) is 4.38. The molecule has 2 aromatic carbocycles. The Labute approximate surface area is 151 Å². The molecule has 1 saturated heterocycles. The lowest BCUT2D eigenvalue weighted by Crippen LogP contribution is -2.15. The molecule has 1 unspecified atom stereocenters. The van der Waals surface area contributed by atoms with Gasteiger partial charge in [-0.1, -0.05) is 53.5 Å². The highest BCUT2D eigenvalue weighted by Gasteiger charge is 2.16. The van der Waals surface area contributed by atoms with Crippen LogP contribution in [0.4, 0.5) is 0 Å². The van der Waals surface area contributed by atoms with Crippen molar-refractivity contribution in [2.75, 3.05) is 13.2 Å². The van der Waals surface area contributed by atoms with Gasteiger partial charge in [-0.3, -0.25) is 0 Å². The number of ether oxygens (including phenoxy) is 2. The monoisotopic (exact) mass is 396 g/mol. The number of hydrogen-bond acceptors (Lipinski definition) is 2. The van der Waals surface area contributed by atoms with Crippen LogP contribution >= 0.6 is 27.5 Å². The maximum Gasteiger partial charge on any atom is 0.124 e. The molecule has 23 heavy (non-hydrogen) atoms. The summed E-state index contributed by atoms with van der Waals surface area (Å²) in [5.41, 5.74) is 2.33. The Bertz CT molecular complexity index is 607. The van der Waals surface area contributed by atoms with Crippen molar-refractivity contribution in [2.45, 2.75) is 32.8 Å². The third kappa shape index (κ3) is 5.52. The molecule has 1 atom stereocenters. The lowest BCUT2D eigenvalue weighted by atomic mass is 10.0. The molecule has 1 aliphatic heterocycles. The van der Waals surface area contributed by atoms with E-state index in [0.29, 0.717) is 6.61 Å². The molecule has 2 nitrogen and oxygen atoms in total. The molecule has 1 fully saturated rings. The van der Waals surface area contributed by atoms with Crippen LogP contribution in [0.1, 0.15) is 31.4 Å². The lowest BCUT2D eigenvalue weighted by Gasteiger charge is -2.12. The first kappa shape index (κ1) is 18.3. The molecule has 2 aromatic rings. The van der Waals surface area contributed by atoms with Crippen LogP contribution < -0.4 is 4.74 Å². The van der Waals surface area contributed by atoms with Gasteiger partial charge in [-0.25, -0.2) is 0 Å². The number of halogens is 2. The Morgan fingerprint density at radius 1 is 1.17 bits per heavy atom. The van der Waals surface area contributed by atoms with Gasteiger partial charge < -0.3 is 9.47 Å². The zero-order valence-electron chi connectivity index (χ0n) is 13.5. The van der Waals surface area contributed by atoms with E-state index in [-0.39, 0.29) is 6.10 Å². The van der Waals surface area contributed by atoms with Crippen LogP contribution in [0.5, 0.6) is 5.75 Å². The van der Waals surface area contributed by atoms with E-state index in [1.165, 1.54) is 5.56 Å². The minimum absolute atomic E-state index is 0.190. The van der Waals surface area contributed by atoms with Crippen molar-refractivity contribution in [3.8, 4) is 5.75 Å². The van der Waals surface area contributed by atoms with Gasteiger partial charge in [0.1, 0.15) is 11.9 Å². The van der Waals surface area contributed by atoms with Crippen molar-refractivity contribution in [3.63, 3.8) is 0 Å². The summed E-state index contributed by atoms with van der Waals surface area (Å²) in [6.07, 6.45) is 1.97. The first-order valence-electron chi connectivity index (χ1n) is 7.98. The molecule has 1 heterocycles. The smallest absolute Gasteiger partial charge is 0.124 e. The molecule has 3 rings (SSSR count). The lowest BCUT2D eigenvalue weighted by molar-refractivity contribution is 0.141. The molecule has 0 amide bonds. The SMILES string of the molecule is CC.Clc1ccc(Br)cc1Cc1ccc(OC2CCOC2)cc1. The van der Waals surface area contributed by atoms with E-state index in [1.54, 1.807) is 0 Å². The predicted octanol–water partition coefficient (Wildman–Crippen LogP) is 5.89. The van der Waals surface area contributed by atoms with Gasteiger partial charge in [0, 0.05) is 15.9 Å². The first-order valence-corrected chi connectivity index (χ1v) is 9.15. The highest BCUT2D eigenvalue weighted by Crippen LogP contribution is 2.25. The second-order valence-corrected chi connectivity index (χ2v) is 6.48. The average molecular weight is 398 g/mol. The van der Waals surface area contributed by atoms with Crippen LogP contribution in [0.15, 0.2) is 46.9 Å². The molecule has 0 aromatic heterocycles. The fraction of sp³-hybridized carbons (Fsp3) is 0.368. The number of rotatable bonds is 4. The normalized spacial score (nSPS) is 16.6. The van der Waals surface area contributed by atoms with Crippen molar-refractivity contribution in [1.82, 2.24) is 0 Å². The van der Waals surface area contributed by atoms with Crippen LogP contribution in [0.3, 0.4) is 0 Å². The molecule has 0 radical (unpaired) electrons. The maximum atomic E-state index is 6.23. The number of hydrogen-bond donors (Lipinski definition) is 0. The zero-order chi connectivity index (χ0) is 16.7. The Balaban J connectivity index is 0.000000924. The van der Waals surface area contributed by atoms with Gasteiger partial charge in [-0.05, 0) is 47.9 Å². The van der Waals surface area contributed by atoms with Crippen LogP contribution in [0.2, 0.25) is 5.02 Å². The van der Waals surface area contributed by atoms with Gasteiger partial charge in [-0.15, -0.1) is 0 Å². The number of benzene rings is 2. The molecule has 124 valence electrons. The molecule has 0 N–H and O–H groups in total. The summed E-state index contributed by atoms with van der Waals surface area (Å²) < 4.78 is 12.2. The topological polar surface area (TPSA) is 18.5 Å². The van der Waals surface area contributed by atoms with Crippen molar-refractivity contribution >= 4 is 27.5 Å².